The lowest BCUT2D eigenvalue weighted by atomic mass is 10.1. The van der Waals surface area contributed by atoms with Gasteiger partial charge in [0.15, 0.2) is 34.5 Å². The largest absolute Gasteiger partial charge is 0.453 e. The van der Waals surface area contributed by atoms with Crippen molar-refractivity contribution < 1.29 is 14.2 Å². The predicted molar refractivity (Wildman–Crippen MR) is 249 cm³/mol. The van der Waals surface area contributed by atoms with Crippen molar-refractivity contribution in [3.05, 3.63) is 218 Å². The standard InChI is InChI=1S/C54H36N3O3P/c1-7-19-49-43(13-1)55(44-14-2-8-20-50(44)58-49)37-25-31-40(32-26-37)61(41-33-27-38(28-34-41)56-45-15-3-9-21-51(45)59-52-22-10-4-16-46(52)56)42-35-29-39(30-36-42)57-47-17-5-11-23-53(47)60-54-24-12-6-18-48(54)57/h1-36H. The van der Waals surface area contributed by atoms with Crippen LogP contribution in [0.2, 0.25) is 0 Å². The Hall–Kier alpha value is -7.79. The first-order chi connectivity index (χ1) is 30.2. The van der Waals surface area contributed by atoms with Crippen molar-refractivity contribution in [1.29, 1.82) is 0 Å². The maximum atomic E-state index is 6.33. The number of para-hydroxylation sites is 12. The Morgan fingerprint density at radius 3 is 0.639 bits per heavy atom. The van der Waals surface area contributed by atoms with Gasteiger partial charge in [-0.15, -0.1) is 0 Å². The Bertz CT molecular complexity index is 2630. The third kappa shape index (κ3) is 5.99. The van der Waals surface area contributed by atoms with Gasteiger partial charge in [-0.3, -0.25) is 0 Å². The van der Waals surface area contributed by atoms with Crippen LogP contribution in [0.5, 0.6) is 34.5 Å². The van der Waals surface area contributed by atoms with Crippen molar-refractivity contribution in [2.75, 3.05) is 14.7 Å². The molecule has 3 aliphatic rings. The van der Waals surface area contributed by atoms with Gasteiger partial charge >= 0.3 is 0 Å². The minimum atomic E-state index is -0.981. The number of anilines is 9. The van der Waals surface area contributed by atoms with Gasteiger partial charge in [-0.25, -0.2) is 0 Å². The molecule has 12 rings (SSSR count). The quantitative estimate of drug-likeness (QED) is 0.156. The van der Waals surface area contributed by atoms with Crippen molar-refractivity contribution in [3.8, 4) is 34.5 Å². The second-order valence-electron chi connectivity index (χ2n) is 15.0. The summed E-state index contributed by atoms with van der Waals surface area (Å²) >= 11 is 0. The number of rotatable bonds is 6. The van der Waals surface area contributed by atoms with E-state index >= 15 is 0 Å². The lowest BCUT2D eigenvalue weighted by molar-refractivity contribution is 0.477. The Kier molecular flexibility index (Phi) is 8.36. The maximum Gasteiger partial charge on any atom is 0.151 e. The summed E-state index contributed by atoms with van der Waals surface area (Å²) in [6, 6.07) is 76.6. The van der Waals surface area contributed by atoms with Gasteiger partial charge in [0.2, 0.25) is 0 Å². The molecule has 0 atom stereocenters. The fourth-order valence-corrected chi connectivity index (χ4v) is 10.9. The van der Waals surface area contributed by atoms with Gasteiger partial charge in [0, 0.05) is 17.1 Å². The van der Waals surface area contributed by atoms with Crippen LogP contribution < -0.4 is 44.8 Å². The fourth-order valence-electron chi connectivity index (χ4n) is 8.65. The van der Waals surface area contributed by atoms with E-state index in [1.807, 2.05) is 72.8 Å². The molecule has 0 spiro atoms. The zero-order valence-corrected chi connectivity index (χ0v) is 33.7. The van der Waals surface area contributed by atoms with E-state index in [9.17, 15) is 0 Å². The molecule has 0 N–H and O–H groups in total. The molecule has 290 valence electrons. The van der Waals surface area contributed by atoms with Crippen molar-refractivity contribution >= 4 is 75.0 Å². The summed E-state index contributed by atoms with van der Waals surface area (Å²) in [7, 11) is -0.981. The van der Waals surface area contributed by atoms with E-state index in [-0.39, 0.29) is 0 Å². The number of benzene rings is 9. The van der Waals surface area contributed by atoms with Crippen LogP contribution in [-0.2, 0) is 0 Å². The summed E-state index contributed by atoms with van der Waals surface area (Å²) in [5.74, 6) is 5.02. The molecule has 7 heteroatoms. The van der Waals surface area contributed by atoms with Gasteiger partial charge in [-0.05, 0) is 133 Å². The molecule has 0 amide bonds. The SMILES string of the molecule is c1ccc2c(c1)Oc1ccccc1N2c1ccc(P(c2ccc(N3c4ccccc4Oc4ccccc43)cc2)c2ccc(N3c4ccccc4Oc4ccccc43)cc2)cc1. The molecule has 9 aromatic rings. The monoisotopic (exact) mass is 805 g/mol. The number of nitrogens with zero attached hydrogens (tertiary/aromatic N) is 3. The van der Waals surface area contributed by atoms with E-state index in [1.54, 1.807) is 0 Å². The van der Waals surface area contributed by atoms with E-state index < -0.39 is 7.92 Å². The number of hydrogen-bond donors (Lipinski definition) is 0. The highest BCUT2D eigenvalue weighted by Crippen LogP contribution is 2.53. The van der Waals surface area contributed by atoms with Crippen LogP contribution in [0.3, 0.4) is 0 Å². The first kappa shape index (κ1) is 35.2. The van der Waals surface area contributed by atoms with Crippen molar-refractivity contribution in [3.63, 3.8) is 0 Å². The Labute approximate surface area is 355 Å². The second-order valence-corrected chi connectivity index (χ2v) is 17.2. The van der Waals surface area contributed by atoms with Crippen LogP contribution in [0, 0.1) is 0 Å². The van der Waals surface area contributed by atoms with Gasteiger partial charge < -0.3 is 28.9 Å². The molecule has 0 aromatic heterocycles. The number of hydrogen-bond acceptors (Lipinski definition) is 6. The molecule has 0 aliphatic carbocycles. The third-order valence-corrected chi connectivity index (χ3v) is 13.8. The molecule has 3 heterocycles. The highest BCUT2D eigenvalue weighted by molar-refractivity contribution is 7.79. The smallest absolute Gasteiger partial charge is 0.151 e. The van der Waals surface area contributed by atoms with E-state index in [4.69, 9.17) is 14.2 Å². The summed E-state index contributed by atoms with van der Waals surface area (Å²) in [5.41, 5.74) is 9.30. The molecular weight excluding hydrogens is 770 g/mol. The van der Waals surface area contributed by atoms with Crippen molar-refractivity contribution in [1.82, 2.24) is 0 Å². The number of ether oxygens (including phenoxy) is 3. The molecule has 0 saturated carbocycles. The molecule has 0 unspecified atom stereocenters. The molecule has 61 heavy (non-hydrogen) atoms. The normalized spacial score (nSPS) is 13.0. The highest BCUT2D eigenvalue weighted by Gasteiger charge is 2.29. The van der Waals surface area contributed by atoms with Gasteiger partial charge in [-0.1, -0.05) is 109 Å². The average molecular weight is 806 g/mol. The maximum absolute atomic E-state index is 6.33. The zero-order chi connectivity index (χ0) is 40.3. The van der Waals surface area contributed by atoms with E-state index in [0.29, 0.717) is 0 Å². The Morgan fingerprint density at radius 1 is 0.230 bits per heavy atom. The zero-order valence-electron chi connectivity index (χ0n) is 32.8. The molecule has 0 saturated heterocycles. The topological polar surface area (TPSA) is 37.4 Å². The van der Waals surface area contributed by atoms with Crippen molar-refractivity contribution in [2.45, 2.75) is 0 Å². The van der Waals surface area contributed by atoms with Gasteiger partial charge in [0.05, 0.1) is 34.1 Å². The van der Waals surface area contributed by atoms with Crippen LogP contribution in [0.1, 0.15) is 0 Å². The van der Waals surface area contributed by atoms with Crippen LogP contribution in [-0.4, -0.2) is 0 Å². The summed E-state index contributed by atoms with van der Waals surface area (Å²) in [4.78, 5) is 6.87. The van der Waals surface area contributed by atoms with Crippen LogP contribution in [0.25, 0.3) is 0 Å². The second kappa shape index (κ2) is 14.5. The lowest BCUT2D eigenvalue weighted by Crippen LogP contribution is -2.22. The molecule has 0 radical (unpaired) electrons. The fraction of sp³-hybridized carbons (Fsp3) is 0. The molecule has 0 fully saturated rings. The first-order valence-corrected chi connectivity index (χ1v) is 21.7. The summed E-state index contributed by atoms with van der Waals surface area (Å²) in [5, 5.41) is 3.75. The van der Waals surface area contributed by atoms with E-state index in [1.165, 1.54) is 15.9 Å². The van der Waals surface area contributed by atoms with Gasteiger partial charge in [-0.2, -0.15) is 0 Å². The Morgan fingerprint density at radius 2 is 0.426 bits per heavy atom. The molecular formula is C54H36N3O3P. The van der Waals surface area contributed by atoms with Crippen LogP contribution >= 0.6 is 7.92 Å². The summed E-state index contributed by atoms with van der Waals surface area (Å²) in [6.07, 6.45) is 0. The first-order valence-electron chi connectivity index (χ1n) is 20.3. The van der Waals surface area contributed by atoms with Crippen LogP contribution in [0.15, 0.2) is 218 Å². The van der Waals surface area contributed by atoms with Crippen LogP contribution in [0.4, 0.5) is 51.2 Å². The van der Waals surface area contributed by atoms with Gasteiger partial charge in [0.1, 0.15) is 0 Å². The van der Waals surface area contributed by atoms with E-state index in [2.05, 4.69) is 160 Å². The predicted octanol–water partition coefficient (Wildman–Crippen LogP) is 14.2. The molecule has 3 aliphatic heterocycles. The van der Waals surface area contributed by atoms with Gasteiger partial charge in [0.25, 0.3) is 0 Å². The molecule has 6 nitrogen and oxygen atoms in total. The minimum absolute atomic E-state index is 0.837. The van der Waals surface area contributed by atoms with Crippen molar-refractivity contribution in [2.24, 2.45) is 0 Å². The average Bonchev–Trinajstić information content (AvgIpc) is 3.32. The Balaban J connectivity index is 0.957. The minimum Gasteiger partial charge on any atom is -0.453 e. The highest BCUT2D eigenvalue weighted by atomic mass is 31.1. The molecule has 0 bridgehead atoms. The third-order valence-electron chi connectivity index (χ3n) is 11.4. The molecule has 9 aromatic carbocycles. The van der Waals surface area contributed by atoms with E-state index in [0.717, 1.165) is 85.7 Å². The summed E-state index contributed by atoms with van der Waals surface area (Å²) < 4.78 is 19.0. The lowest BCUT2D eigenvalue weighted by Gasteiger charge is -2.33. The number of fused-ring (bicyclic) bond motifs is 6. The summed E-state index contributed by atoms with van der Waals surface area (Å²) in [6.45, 7) is 0.